The lowest BCUT2D eigenvalue weighted by Gasteiger charge is -2.11. The number of pyridine rings is 1. The minimum atomic E-state index is -0.447. The Labute approximate surface area is 180 Å². The van der Waals surface area contributed by atoms with Crippen LogP contribution in [0.25, 0.3) is 11.2 Å². The van der Waals surface area contributed by atoms with E-state index in [1.807, 2.05) is 18.4 Å². The van der Waals surface area contributed by atoms with Crippen LogP contribution in [0.2, 0.25) is 0 Å². The molecular weight excluding hydrogens is 396 g/mol. The standard InChI is InChI=1S/C22H30N6O3/c1-5-6-11-27-20-19(21(30)26-22(27)31)28(13-14(2)3)17(25-20)7-8-18(29)24-16-9-10-23-15(4)12-16/h9-10,12,14H,5-8,11,13H2,1-4H3,(H,23,24,29)(H,26,30,31). The number of nitrogens with one attached hydrogen (secondary N) is 2. The Morgan fingerprint density at radius 1 is 1.26 bits per heavy atom. The van der Waals surface area contributed by atoms with Gasteiger partial charge in [-0.2, -0.15) is 0 Å². The Kier molecular flexibility index (Phi) is 7.04. The molecule has 166 valence electrons. The molecule has 0 spiro atoms. The van der Waals surface area contributed by atoms with Crippen LogP contribution < -0.4 is 16.6 Å². The summed E-state index contributed by atoms with van der Waals surface area (Å²) < 4.78 is 3.38. The van der Waals surface area contributed by atoms with E-state index in [1.165, 1.54) is 4.57 Å². The van der Waals surface area contributed by atoms with E-state index in [0.29, 0.717) is 42.2 Å². The molecule has 0 saturated carbocycles. The maximum atomic E-state index is 12.6. The van der Waals surface area contributed by atoms with Crippen LogP contribution in [0, 0.1) is 12.8 Å². The summed E-state index contributed by atoms with van der Waals surface area (Å²) in [5.41, 5.74) is 1.41. The van der Waals surface area contributed by atoms with E-state index < -0.39 is 11.2 Å². The van der Waals surface area contributed by atoms with E-state index in [2.05, 4.69) is 34.1 Å². The quantitative estimate of drug-likeness (QED) is 0.546. The number of imidazole rings is 1. The fraction of sp³-hybridized carbons (Fsp3) is 0.500. The van der Waals surface area contributed by atoms with Gasteiger partial charge in [-0.3, -0.25) is 24.1 Å². The second kappa shape index (κ2) is 9.72. The van der Waals surface area contributed by atoms with Crippen molar-refractivity contribution in [3.8, 4) is 0 Å². The number of carbonyl (C=O) groups excluding carboxylic acids is 1. The SMILES string of the molecule is CCCCn1c(=O)[nH]c(=O)c2c1nc(CCC(=O)Nc1ccnc(C)c1)n2CC(C)C. The summed E-state index contributed by atoms with van der Waals surface area (Å²) in [6, 6.07) is 3.54. The predicted molar refractivity (Wildman–Crippen MR) is 120 cm³/mol. The van der Waals surface area contributed by atoms with Gasteiger partial charge in [0.15, 0.2) is 11.2 Å². The van der Waals surface area contributed by atoms with E-state index in [9.17, 15) is 14.4 Å². The van der Waals surface area contributed by atoms with Crippen molar-refractivity contribution in [2.24, 2.45) is 5.92 Å². The van der Waals surface area contributed by atoms with Gasteiger partial charge in [-0.1, -0.05) is 27.2 Å². The lowest BCUT2D eigenvalue weighted by molar-refractivity contribution is -0.116. The summed E-state index contributed by atoms with van der Waals surface area (Å²) in [7, 11) is 0. The van der Waals surface area contributed by atoms with Gasteiger partial charge in [0.25, 0.3) is 5.56 Å². The number of fused-ring (bicyclic) bond motifs is 1. The molecule has 31 heavy (non-hydrogen) atoms. The molecule has 2 N–H and O–H groups in total. The van der Waals surface area contributed by atoms with Gasteiger partial charge in [0, 0.05) is 43.5 Å². The lowest BCUT2D eigenvalue weighted by atomic mass is 10.2. The molecule has 0 aliphatic heterocycles. The van der Waals surface area contributed by atoms with E-state index >= 15 is 0 Å². The Hall–Kier alpha value is -3.23. The smallest absolute Gasteiger partial charge is 0.326 e. The third-order valence-corrected chi connectivity index (χ3v) is 5.00. The zero-order valence-corrected chi connectivity index (χ0v) is 18.6. The first-order valence-electron chi connectivity index (χ1n) is 10.7. The van der Waals surface area contributed by atoms with Gasteiger partial charge < -0.3 is 9.88 Å². The minimum Gasteiger partial charge on any atom is -0.326 e. The molecule has 9 heteroatoms. The average molecular weight is 427 g/mol. The fourth-order valence-corrected chi connectivity index (χ4v) is 3.57. The van der Waals surface area contributed by atoms with Crippen molar-refractivity contribution >= 4 is 22.8 Å². The van der Waals surface area contributed by atoms with Crippen molar-refractivity contribution < 1.29 is 4.79 Å². The van der Waals surface area contributed by atoms with Gasteiger partial charge in [-0.25, -0.2) is 9.78 Å². The normalized spacial score (nSPS) is 11.4. The third-order valence-electron chi connectivity index (χ3n) is 5.00. The molecule has 0 bridgehead atoms. The Balaban J connectivity index is 1.93. The number of hydrogen-bond acceptors (Lipinski definition) is 5. The van der Waals surface area contributed by atoms with Crippen LogP contribution >= 0.6 is 0 Å². The zero-order chi connectivity index (χ0) is 22.5. The molecule has 0 radical (unpaired) electrons. The maximum Gasteiger partial charge on any atom is 0.330 e. The van der Waals surface area contributed by atoms with E-state index in [1.54, 1.807) is 18.3 Å². The van der Waals surface area contributed by atoms with Crippen molar-refractivity contribution in [3.63, 3.8) is 0 Å². The fourth-order valence-electron chi connectivity index (χ4n) is 3.57. The average Bonchev–Trinajstić information content (AvgIpc) is 3.04. The van der Waals surface area contributed by atoms with Crippen LogP contribution in [0.1, 0.15) is 51.6 Å². The molecule has 0 aliphatic rings. The van der Waals surface area contributed by atoms with Crippen LogP contribution in [-0.2, 0) is 24.3 Å². The van der Waals surface area contributed by atoms with Crippen molar-refractivity contribution in [3.05, 3.63) is 50.7 Å². The molecular formula is C22H30N6O3. The topological polar surface area (TPSA) is 115 Å². The van der Waals surface area contributed by atoms with Gasteiger partial charge in [0.1, 0.15) is 5.82 Å². The molecule has 0 fully saturated rings. The first-order chi connectivity index (χ1) is 14.8. The largest absolute Gasteiger partial charge is 0.330 e. The first kappa shape index (κ1) is 22.5. The Morgan fingerprint density at radius 2 is 2.03 bits per heavy atom. The number of hydrogen-bond donors (Lipinski definition) is 2. The summed E-state index contributed by atoms with van der Waals surface area (Å²) in [6.45, 7) is 9.07. The molecule has 0 saturated heterocycles. The summed E-state index contributed by atoms with van der Waals surface area (Å²) in [5.74, 6) is 0.748. The van der Waals surface area contributed by atoms with Gasteiger partial charge in [-0.15, -0.1) is 0 Å². The molecule has 0 atom stereocenters. The highest BCUT2D eigenvalue weighted by molar-refractivity contribution is 5.90. The third kappa shape index (κ3) is 5.28. The highest BCUT2D eigenvalue weighted by Gasteiger charge is 2.19. The molecule has 1 amide bonds. The first-order valence-corrected chi connectivity index (χ1v) is 10.7. The molecule has 3 rings (SSSR count). The number of amides is 1. The molecule has 0 aromatic carbocycles. The number of unbranched alkanes of at least 4 members (excludes halogenated alkanes) is 1. The van der Waals surface area contributed by atoms with Crippen molar-refractivity contribution in [2.75, 3.05) is 5.32 Å². The maximum absolute atomic E-state index is 12.6. The molecule has 0 unspecified atom stereocenters. The number of nitrogens with zero attached hydrogens (tertiary/aromatic N) is 4. The van der Waals surface area contributed by atoms with E-state index in [4.69, 9.17) is 0 Å². The molecule has 0 aliphatic carbocycles. The Morgan fingerprint density at radius 3 is 2.71 bits per heavy atom. The predicted octanol–water partition coefficient (Wildman–Crippen LogP) is 2.62. The minimum absolute atomic E-state index is 0.147. The van der Waals surface area contributed by atoms with Crippen LogP contribution in [0.3, 0.4) is 0 Å². The second-order valence-electron chi connectivity index (χ2n) is 8.20. The van der Waals surface area contributed by atoms with Crippen molar-refractivity contribution in [2.45, 2.75) is 66.5 Å². The van der Waals surface area contributed by atoms with Crippen LogP contribution in [0.5, 0.6) is 0 Å². The van der Waals surface area contributed by atoms with Gasteiger partial charge >= 0.3 is 5.69 Å². The number of rotatable bonds is 9. The number of aromatic amines is 1. The van der Waals surface area contributed by atoms with E-state index in [-0.39, 0.29) is 18.2 Å². The molecule has 3 heterocycles. The molecule has 9 nitrogen and oxygen atoms in total. The monoisotopic (exact) mass is 426 g/mol. The summed E-state index contributed by atoms with van der Waals surface area (Å²) in [4.78, 5) is 48.7. The number of aromatic nitrogens is 5. The summed E-state index contributed by atoms with van der Waals surface area (Å²) in [6.07, 6.45) is 3.94. The molecule has 3 aromatic rings. The van der Waals surface area contributed by atoms with Crippen molar-refractivity contribution in [1.29, 1.82) is 0 Å². The van der Waals surface area contributed by atoms with Gasteiger partial charge in [0.05, 0.1) is 0 Å². The van der Waals surface area contributed by atoms with Crippen LogP contribution in [0.15, 0.2) is 27.9 Å². The number of anilines is 1. The second-order valence-corrected chi connectivity index (χ2v) is 8.20. The Bertz CT molecular complexity index is 1190. The highest BCUT2D eigenvalue weighted by atomic mass is 16.2. The summed E-state index contributed by atoms with van der Waals surface area (Å²) >= 11 is 0. The van der Waals surface area contributed by atoms with Gasteiger partial charge in [0.2, 0.25) is 5.91 Å². The van der Waals surface area contributed by atoms with E-state index in [0.717, 1.165) is 18.5 Å². The van der Waals surface area contributed by atoms with Crippen molar-refractivity contribution in [1.82, 2.24) is 24.1 Å². The number of carbonyl (C=O) groups is 1. The number of H-pyrrole nitrogens is 1. The highest BCUT2D eigenvalue weighted by Crippen LogP contribution is 2.16. The summed E-state index contributed by atoms with van der Waals surface area (Å²) in [5, 5.41) is 2.87. The molecule has 3 aromatic heterocycles. The van der Waals surface area contributed by atoms with Crippen LogP contribution in [-0.4, -0.2) is 30.0 Å². The zero-order valence-electron chi connectivity index (χ0n) is 18.6. The number of aryl methyl sites for hydroxylation is 3. The van der Waals surface area contributed by atoms with Crippen LogP contribution in [0.4, 0.5) is 5.69 Å². The van der Waals surface area contributed by atoms with Gasteiger partial charge in [-0.05, 0) is 31.4 Å². The lowest BCUT2D eigenvalue weighted by Crippen LogP contribution is -2.31.